The summed E-state index contributed by atoms with van der Waals surface area (Å²) in [6.45, 7) is 11.9. The lowest BCUT2D eigenvalue weighted by molar-refractivity contribution is 1.31. The highest BCUT2D eigenvalue weighted by Crippen LogP contribution is 2.45. The van der Waals surface area contributed by atoms with Crippen LogP contribution in [0.4, 0.5) is 0 Å². The third-order valence-corrected chi connectivity index (χ3v) is 9.16. The Hall–Kier alpha value is -0.160. The number of hydrogen-bond donors (Lipinski definition) is 0. The van der Waals surface area contributed by atoms with Crippen molar-refractivity contribution in [1.82, 2.24) is 0 Å². The van der Waals surface area contributed by atoms with E-state index in [1.807, 2.05) is 53.4 Å². The molecule has 0 saturated heterocycles. The fraction of sp³-hybridized carbons (Fsp3) is 0.250. The van der Waals surface area contributed by atoms with E-state index in [9.17, 15) is 0 Å². The van der Waals surface area contributed by atoms with Gasteiger partial charge >= 0.3 is 0 Å². The van der Waals surface area contributed by atoms with Gasteiger partial charge in [-0.15, -0.1) is 0 Å². The second-order valence-corrected chi connectivity index (χ2v) is 10.2. The van der Waals surface area contributed by atoms with Crippen LogP contribution in [0.5, 0.6) is 0 Å². The smallest absolute Gasteiger partial charge is 0.0299 e. The van der Waals surface area contributed by atoms with Crippen molar-refractivity contribution in [3.63, 3.8) is 0 Å². The molecule has 0 fully saturated rings. The molecule has 0 aliphatic rings. The van der Waals surface area contributed by atoms with E-state index in [1.165, 1.54) is 22.3 Å². The quantitative estimate of drug-likeness (QED) is 0.273. The Balaban J connectivity index is 2.22. The molecule has 0 aliphatic heterocycles. The number of rotatable bonds is 9. The summed E-state index contributed by atoms with van der Waals surface area (Å²) >= 11 is 0. The molecule has 0 aromatic heterocycles. The van der Waals surface area contributed by atoms with Gasteiger partial charge in [-0.3, -0.25) is 0 Å². The standard InChI is InChI=1S/C16H20S4/c1-5-13(3)15(6-2)11-17-19-20-18-12-16-10-8-7-9-14(16)4/h5-10H,1-2,11-12H2,3-4H3/b15-13+. The van der Waals surface area contributed by atoms with E-state index in [-0.39, 0.29) is 0 Å². The number of allylic oxidation sites excluding steroid dienone is 3. The minimum absolute atomic E-state index is 0.976. The predicted molar refractivity (Wildman–Crippen MR) is 103 cm³/mol. The Morgan fingerprint density at radius 3 is 2.45 bits per heavy atom. The Morgan fingerprint density at radius 1 is 1.10 bits per heavy atom. The number of aryl methyl sites for hydroxylation is 1. The van der Waals surface area contributed by atoms with Gasteiger partial charge in [0.1, 0.15) is 0 Å². The van der Waals surface area contributed by atoms with Crippen molar-refractivity contribution < 1.29 is 0 Å². The molecule has 108 valence electrons. The largest absolute Gasteiger partial charge is 0.0988 e. The molecule has 0 saturated carbocycles. The summed E-state index contributed by atoms with van der Waals surface area (Å²) in [5, 5.41) is 0. The molecule has 0 aliphatic carbocycles. The average Bonchev–Trinajstić information content (AvgIpc) is 2.47. The first-order valence-corrected chi connectivity index (χ1v) is 11.4. The van der Waals surface area contributed by atoms with Crippen LogP contribution in [0.3, 0.4) is 0 Å². The third-order valence-electron chi connectivity index (χ3n) is 2.87. The van der Waals surface area contributed by atoms with E-state index in [4.69, 9.17) is 0 Å². The van der Waals surface area contributed by atoms with Crippen molar-refractivity contribution >= 4 is 41.2 Å². The molecule has 0 bridgehead atoms. The maximum atomic E-state index is 3.85. The van der Waals surface area contributed by atoms with Crippen molar-refractivity contribution in [2.45, 2.75) is 19.6 Å². The monoisotopic (exact) mass is 340 g/mol. The third kappa shape index (κ3) is 6.53. The van der Waals surface area contributed by atoms with Crippen LogP contribution in [0.1, 0.15) is 18.1 Å². The molecule has 0 N–H and O–H groups in total. The lowest BCUT2D eigenvalue weighted by Crippen LogP contribution is -1.84. The van der Waals surface area contributed by atoms with Gasteiger partial charge in [-0.05, 0) is 55.8 Å². The van der Waals surface area contributed by atoms with E-state index in [2.05, 4.69) is 51.3 Å². The van der Waals surface area contributed by atoms with Gasteiger partial charge in [-0.2, -0.15) is 0 Å². The van der Waals surface area contributed by atoms with Gasteiger partial charge in [0, 0.05) is 11.5 Å². The Kier molecular flexibility index (Phi) is 9.44. The summed E-state index contributed by atoms with van der Waals surface area (Å²) in [4.78, 5) is 0. The average molecular weight is 341 g/mol. The first kappa shape index (κ1) is 17.9. The predicted octanol–water partition coefficient (Wildman–Crippen LogP) is 6.86. The molecule has 0 unspecified atom stereocenters. The fourth-order valence-electron chi connectivity index (χ4n) is 1.45. The van der Waals surface area contributed by atoms with Gasteiger partial charge in [-0.25, -0.2) is 0 Å². The van der Waals surface area contributed by atoms with E-state index >= 15 is 0 Å². The van der Waals surface area contributed by atoms with Crippen LogP contribution < -0.4 is 0 Å². The normalized spacial score (nSPS) is 11.9. The first-order valence-electron chi connectivity index (χ1n) is 6.26. The maximum Gasteiger partial charge on any atom is 0.0299 e. The fourth-order valence-corrected chi connectivity index (χ4v) is 7.53. The van der Waals surface area contributed by atoms with E-state index < -0.39 is 0 Å². The summed E-state index contributed by atoms with van der Waals surface area (Å²) < 4.78 is 0. The lowest BCUT2D eigenvalue weighted by Gasteiger charge is -2.05. The topological polar surface area (TPSA) is 0 Å². The molecular weight excluding hydrogens is 320 g/mol. The summed E-state index contributed by atoms with van der Waals surface area (Å²) in [6, 6.07) is 8.56. The first-order chi connectivity index (χ1) is 9.69. The summed E-state index contributed by atoms with van der Waals surface area (Å²) in [5.41, 5.74) is 5.27. The van der Waals surface area contributed by atoms with Crippen LogP contribution in [-0.4, -0.2) is 5.75 Å². The van der Waals surface area contributed by atoms with Gasteiger partial charge in [-0.1, -0.05) is 71.2 Å². The van der Waals surface area contributed by atoms with Crippen molar-refractivity contribution in [3.05, 3.63) is 71.8 Å². The summed E-state index contributed by atoms with van der Waals surface area (Å²) in [5.74, 6) is 2.03. The Morgan fingerprint density at radius 2 is 1.80 bits per heavy atom. The SMILES string of the molecule is C=C/C(C)=C(\C=C)CSSSSCc1ccccc1C. The number of hydrogen-bond acceptors (Lipinski definition) is 4. The van der Waals surface area contributed by atoms with E-state index in [0.717, 1.165) is 11.5 Å². The second-order valence-electron chi connectivity index (χ2n) is 4.20. The molecule has 1 rings (SSSR count). The van der Waals surface area contributed by atoms with Crippen LogP contribution in [0.15, 0.2) is 60.7 Å². The molecule has 0 nitrogen and oxygen atoms in total. The molecule has 0 amide bonds. The summed E-state index contributed by atoms with van der Waals surface area (Å²) in [6.07, 6.45) is 3.82. The van der Waals surface area contributed by atoms with Crippen molar-refractivity contribution in [3.8, 4) is 0 Å². The number of benzene rings is 1. The van der Waals surface area contributed by atoms with Gasteiger partial charge in [0.05, 0.1) is 0 Å². The molecule has 1 aromatic carbocycles. The molecule has 0 atom stereocenters. The Bertz CT molecular complexity index is 477. The molecule has 0 radical (unpaired) electrons. The molecule has 0 spiro atoms. The molecular formula is C16H20S4. The highest BCUT2D eigenvalue weighted by atomic mass is 33.7. The lowest BCUT2D eigenvalue weighted by atomic mass is 10.1. The molecule has 1 aromatic rings. The van der Waals surface area contributed by atoms with Gasteiger partial charge in [0.15, 0.2) is 0 Å². The zero-order valence-corrected chi connectivity index (χ0v) is 15.2. The van der Waals surface area contributed by atoms with Gasteiger partial charge in [0.25, 0.3) is 0 Å². The maximum absolute atomic E-state index is 3.85. The van der Waals surface area contributed by atoms with Crippen LogP contribution >= 0.6 is 41.2 Å². The zero-order chi connectivity index (χ0) is 14.8. The van der Waals surface area contributed by atoms with Crippen LogP contribution in [0.25, 0.3) is 0 Å². The highest BCUT2D eigenvalue weighted by molar-refractivity contribution is 9.26. The minimum Gasteiger partial charge on any atom is -0.0988 e. The van der Waals surface area contributed by atoms with Crippen LogP contribution in [0.2, 0.25) is 0 Å². The van der Waals surface area contributed by atoms with Gasteiger partial charge in [0.2, 0.25) is 0 Å². The molecule has 20 heavy (non-hydrogen) atoms. The van der Waals surface area contributed by atoms with Crippen LogP contribution in [0, 0.1) is 6.92 Å². The zero-order valence-electron chi connectivity index (χ0n) is 11.9. The molecule has 4 heteroatoms. The highest BCUT2D eigenvalue weighted by Gasteiger charge is 2.00. The minimum atomic E-state index is 0.976. The van der Waals surface area contributed by atoms with Crippen molar-refractivity contribution in [1.29, 1.82) is 0 Å². The molecule has 0 heterocycles. The van der Waals surface area contributed by atoms with E-state index in [1.54, 1.807) is 0 Å². The van der Waals surface area contributed by atoms with E-state index in [0.29, 0.717) is 0 Å². The Labute approximate surface area is 138 Å². The summed E-state index contributed by atoms with van der Waals surface area (Å²) in [7, 11) is 7.41. The van der Waals surface area contributed by atoms with Crippen molar-refractivity contribution in [2.24, 2.45) is 0 Å². The van der Waals surface area contributed by atoms with Gasteiger partial charge < -0.3 is 0 Å². The second kappa shape index (κ2) is 10.6. The van der Waals surface area contributed by atoms with Crippen molar-refractivity contribution in [2.75, 3.05) is 5.75 Å². The van der Waals surface area contributed by atoms with Crippen LogP contribution in [-0.2, 0) is 5.75 Å².